The monoisotopic (exact) mass is 442 g/mol. The second-order valence-electron chi connectivity index (χ2n) is 9.13. The molecule has 0 aliphatic rings. The first-order valence-corrected chi connectivity index (χ1v) is 11.3. The predicted molar refractivity (Wildman–Crippen MR) is 136 cm³/mol. The van der Waals surface area contributed by atoms with Crippen molar-refractivity contribution in [1.29, 1.82) is 0 Å². The summed E-state index contributed by atoms with van der Waals surface area (Å²) in [5.74, 6) is 0.798. The number of nitrogens with zero attached hydrogens (tertiary/aromatic N) is 1. The van der Waals surface area contributed by atoms with E-state index in [0.717, 1.165) is 28.0 Å². The summed E-state index contributed by atoms with van der Waals surface area (Å²) in [6.07, 6.45) is 2.15. The summed E-state index contributed by atoms with van der Waals surface area (Å²) in [5, 5.41) is 3.13. The molecule has 1 N–H and O–H groups in total. The quantitative estimate of drug-likeness (QED) is 0.442. The fourth-order valence-corrected chi connectivity index (χ4v) is 3.70. The number of carbonyl (C=O) groups is 1. The zero-order valence-corrected chi connectivity index (χ0v) is 20.2. The Labute approximate surface area is 197 Å². The van der Waals surface area contributed by atoms with Gasteiger partial charge in [0.15, 0.2) is 0 Å². The molecule has 0 aliphatic carbocycles. The maximum atomic E-state index is 13.3. The van der Waals surface area contributed by atoms with Gasteiger partial charge in [0.25, 0.3) is 0 Å². The van der Waals surface area contributed by atoms with Crippen molar-refractivity contribution in [2.45, 2.75) is 39.3 Å². The molecule has 172 valence electrons. The van der Waals surface area contributed by atoms with Crippen molar-refractivity contribution >= 4 is 11.6 Å². The van der Waals surface area contributed by atoms with Gasteiger partial charge in [-0.1, -0.05) is 78.9 Å². The Morgan fingerprint density at radius 3 is 1.88 bits per heavy atom. The SMILES string of the molecule is COc1ccc([C@@H](C)N(CC=C(c2ccccc2)c2ccccc2)C(=O)NC(C)(C)C)cc1. The molecule has 0 fully saturated rings. The number of methoxy groups -OCH3 is 1. The predicted octanol–water partition coefficient (Wildman–Crippen LogP) is 6.70. The summed E-state index contributed by atoms with van der Waals surface area (Å²) in [4.78, 5) is 15.2. The van der Waals surface area contributed by atoms with Crippen LogP contribution in [0.15, 0.2) is 91.0 Å². The van der Waals surface area contributed by atoms with Crippen LogP contribution in [-0.2, 0) is 0 Å². The van der Waals surface area contributed by atoms with E-state index in [4.69, 9.17) is 4.74 Å². The third-order valence-electron chi connectivity index (χ3n) is 5.47. The van der Waals surface area contributed by atoms with Crippen LogP contribution >= 0.6 is 0 Å². The first-order valence-electron chi connectivity index (χ1n) is 11.3. The fourth-order valence-electron chi connectivity index (χ4n) is 3.70. The minimum absolute atomic E-state index is 0.0949. The van der Waals surface area contributed by atoms with Gasteiger partial charge in [0, 0.05) is 12.1 Å². The Hall–Kier alpha value is -3.53. The van der Waals surface area contributed by atoms with Crippen molar-refractivity contribution in [2.24, 2.45) is 0 Å². The summed E-state index contributed by atoms with van der Waals surface area (Å²) in [6, 6.07) is 28.3. The fraction of sp³-hybridized carbons (Fsp3) is 0.276. The highest BCUT2D eigenvalue weighted by Gasteiger charge is 2.24. The molecule has 0 saturated carbocycles. The van der Waals surface area contributed by atoms with Crippen molar-refractivity contribution in [3.63, 3.8) is 0 Å². The summed E-state index contributed by atoms with van der Waals surface area (Å²) < 4.78 is 5.30. The van der Waals surface area contributed by atoms with Gasteiger partial charge in [-0.25, -0.2) is 4.79 Å². The molecule has 1 atom stereocenters. The Morgan fingerprint density at radius 1 is 0.909 bits per heavy atom. The topological polar surface area (TPSA) is 41.6 Å². The Kier molecular flexibility index (Phi) is 7.94. The molecule has 3 aromatic carbocycles. The lowest BCUT2D eigenvalue weighted by molar-refractivity contribution is 0.178. The number of amides is 2. The molecule has 33 heavy (non-hydrogen) atoms. The molecule has 0 unspecified atom stereocenters. The van der Waals surface area contributed by atoms with Gasteiger partial charge in [0.1, 0.15) is 5.75 Å². The minimum Gasteiger partial charge on any atom is -0.497 e. The number of ether oxygens (including phenoxy) is 1. The van der Waals surface area contributed by atoms with E-state index in [1.165, 1.54) is 0 Å². The average molecular weight is 443 g/mol. The molecule has 0 aliphatic heterocycles. The normalized spacial score (nSPS) is 11.9. The molecule has 3 rings (SSSR count). The maximum absolute atomic E-state index is 13.3. The van der Waals surface area contributed by atoms with Crippen molar-refractivity contribution in [3.05, 3.63) is 108 Å². The molecule has 0 bridgehead atoms. The number of nitrogens with one attached hydrogen (secondary N) is 1. The number of rotatable bonds is 7. The molecule has 0 aromatic heterocycles. The largest absolute Gasteiger partial charge is 0.497 e. The van der Waals surface area contributed by atoms with E-state index >= 15 is 0 Å². The van der Waals surface area contributed by atoms with Crippen LogP contribution in [0.4, 0.5) is 4.79 Å². The summed E-state index contributed by atoms with van der Waals surface area (Å²) in [6.45, 7) is 8.51. The van der Waals surface area contributed by atoms with Crippen LogP contribution in [0.5, 0.6) is 5.75 Å². The second kappa shape index (κ2) is 10.9. The highest BCUT2D eigenvalue weighted by molar-refractivity contribution is 5.81. The van der Waals surface area contributed by atoms with E-state index in [9.17, 15) is 4.79 Å². The molecular formula is C29H34N2O2. The molecule has 4 heteroatoms. The van der Waals surface area contributed by atoms with E-state index in [-0.39, 0.29) is 17.6 Å². The van der Waals surface area contributed by atoms with E-state index in [2.05, 4.69) is 42.6 Å². The van der Waals surface area contributed by atoms with Crippen LogP contribution in [-0.4, -0.2) is 30.1 Å². The second-order valence-corrected chi connectivity index (χ2v) is 9.13. The van der Waals surface area contributed by atoms with Gasteiger partial charge in [-0.05, 0) is 62.1 Å². The maximum Gasteiger partial charge on any atom is 0.318 e. The van der Waals surface area contributed by atoms with E-state index in [0.29, 0.717) is 6.54 Å². The van der Waals surface area contributed by atoms with Crippen molar-refractivity contribution in [1.82, 2.24) is 10.2 Å². The lowest BCUT2D eigenvalue weighted by Crippen LogP contribution is -2.49. The lowest BCUT2D eigenvalue weighted by atomic mass is 9.97. The first kappa shape index (κ1) is 24.1. The van der Waals surface area contributed by atoms with Gasteiger partial charge in [0.2, 0.25) is 0 Å². The van der Waals surface area contributed by atoms with Crippen LogP contribution in [0, 0.1) is 0 Å². The van der Waals surface area contributed by atoms with Gasteiger partial charge in [0.05, 0.1) is 13.2 Å². The number of urea groups is 1. The van der Waals surface area contributed by atoms with Gasteiger partial charge < -0.3 is 15.0 Å². The molecular weight excluding hydrogens is 408 g/mol. The average Bonchev–Trinajstić information content (AvgIpc) is 2.81. The standard InChI is InChI=1S/C29H34N2O2/c1-22(23-16-18-26(33-5)19-17-23)31(28(32)30-29(2,3)4)21-20-27(24-12-8-6-9-13-24)25-14-10-7-11-15-25/h6-20,22H,21H2,1-5H3,(H,30,32)/t22-/m1/s1. The van der Waals surface area contributed by atoms with Crippen molar-refractivity contribution in [2.75, 3.05) is 13.7 Å². The van der Waals surface area contributed by atoms with E-state index < -0.39 is 0 Å². The minimum atomic E-state index is -0.333. The first-order chi connectivity index (χ1) is 15.8. The van der Waals surface area contributed by atoms with Gasteiger partial charge >= 0.3 is 6.03 Å². The molecule has 0 radical (unpaired) electrons. The highest BCUT2D eigenvalue weighted by atomic mass is 16.5. The lowest BCUT2D eigenvalue weighted by Gasteiger charge is -2.32. The summed E-state index contributed by atoms with van der Waals surface area (Å²) in [7, 11) is 1.65. The number of hydrogen-bond acceptors (Lipinski definition) is 2. The Balaban J connectivity index is 1.97. The van der Waals surface area contributed by atoms with E-state index in [1.54, 1.807) is 7.11 Å². The number of benzene rings is 3. The van der Waals surface area contributed by atoms with Crippen LogP contribution < -0.4 is 10.1 Å². The molecule has 0 heterocycles. The van der Waals surface area contributed by atoms with Crippen molar-refractivity contribution in [3.8, 4) is 5.75 Å². The molecule has 0 saturated heterocycles. The summed E-state index contributed by atoms with van der Waals surface area (Å²) >= 11 is 0. The van der Waals surface area contributed by atoms with Crippen LogP contribution in [0.25, 0.3) is 5.57 Å². The summed E-state index contributed by atoms with van der Waals surface area (Å²) in [5.41, 5.74) is 4.07. The smallest absolute Gasteiger partial charge is 0.318 e. The van der Waals surface area contributed by atoms with Crippen molar-refractivity contribution < 1.29 is 9.53 Å². The van der Waals surface area contributed by atoms with Gasteiger partial charge in [-0.2, -0.15) is 0 Å². The third-order valence-corrected chi connectivity index (χ3v) is 5.47. The number of hydrogen-bond donors (Lipinski definition) is 1. The molecule has 4 nitrogen and oxygen atoms in total. The van der Waals surface area contributed by atoms with Gasteiger partial charge in [-0.15, -0.1) is 0 Å². The van der Waals surface area contributed by atoms with Crippen LogP contribution in [0.2, 0.25) is 0 Å². The zero-order valence-electron chi connectivity index (χ0n) is 20.2. The number of carbonyl (C=O) groups excluding carboxylic acids is 1. The van der Waals surface area contributed by atoms with Crippen LogP contribution in [0.1, 0.15) is 50.4 Å². The van der Waals surface area contributed by atoms with E-state index in [1.807, 2.05) is 86.3 Å². The molecule has 0 spiro atoms. The Morgan fingerprint density at radius 2 is 1.42 bits per heavy atom. The van der Waals surface area contributed by atoms with Gasteiger partial charge in [-0.3, -0.25) is 0 Å². The highest BCUT2D eigenvalue weighted by Crippen LogP contribution is 2.26. The molecule has 3 aromatic rings. The zero-order chi connectivity index (χ0) is 23.8. The molecule has 2 amide bonds. The van der Waals surface area contributed by atoms with Crippen LogP contribution in [0.3, 0.4) is 0 Å². The third kappa shape index (κ3) is 6.72. The Bertz CT molecular complexity index is 1010.